The maximum absolute atomic E-state index is 12.9. The minimum Gasteiger partial charge on any atom is -0.496 e. The molecule has 0 spiro atoms. The Morgan fingerprint density at radius 3 is 2.87 bits per heavy atom. The van der Waals surface area contributed by atoms with Gasteiger partial charge in [0.2, 0.25) is 11.6 Å². The van der Waals surface area contributed by atoms with Crippen LogP contribution in [-0.4, -0.2) is 36.1 Å². The summed E-state index contributed by atoms with van der Waals surface area (Å²) in [5.41, 5.74) is 2.65. The van der Waals surface area contributed by atoms with Crippen molar-refractivity contribution < 1.29 is 13.9 Å². The molecule has 7 heteroatoms. The van der Waals surface area contributed by atoms with E-state index in [-0.39, 0.29) is 11.8 Å². The molecule has 1 atom stereocenters. The number of methoxy groups -OCH3 is 1. The first-order valence-electron chi connectivity index (χ1n) is 10.4. The predicted octanol–water partition coefficient (Wildman–Crippen LogP) is 3.69. The first-order valence-corrected chi connectivity index (χ1v) is 10.4. The third-order valence-electron chi connectivity index (χ3n) is 5.86. The first kappa shape index (κ1) is 20.2. The zero-order valence-electron chi connectivity index (χ0n) is 18.0. The molecular formula is C23H28N4O3. The second-order valence-corrected chi connectivity index (χ2v) is 7.87. The van der Waals surface area contributed by atoms with Crippen molar-refractivity contribution in [2.45, 2.75) is 40.2 Å². The van der Waals surface area contributed by atoms with Crippen molar-refractivity contribution >= 4 is 22.8 Å². The minimum absolute atomic E-state index is 0.0627. The smallest absolute Gasteiger partial charge is 0.231 e. The van der Waals surface area contributed by atoms with E-state index in [1.54, 1.807) is 7.11 Å². The summed E-state index contributed by atoms with van der Waals surface area (Å²) in [6, 6.07) is 7.75. The molecule has 0 bridgehead atoms. The van der Waals surface area contributed by atoms with Crippen LogP contribution in [0, 0.1) is 26.7 Å². The fraction of sp³-hybridized carbons (Fsp3) is 0.435. The number of para-hydroxylation sites is 1. The Morgan fingerprint density at radius 1 is 1.27 bits per heavy atom. The molecule has 0 saturated carbocycles. The van der Waals surface area contributed by atoms with Crippen molar-refractivity contribution in [3.8, 4) is 5.75 Å². The third kappa shape index (κ3) is 3.84. The van der Waals surface area contributed by atoms with E-state index in [1.165, 1.54) is 0 Å². The highest BCUT2D eigenvalue weighted by Gasteiger charge is 2.29. The van der Waals surface area contributed by atoms with Gasteiger partial charge in [-0.25, -0.2) is 4.98 Å². The Hall–Kier alpha value is -3.09. The topological polar surface area (TPSA) is 80.5 Å². The molecule has 2 aromatic heterocycles. The summed E-state index contributed by atoms with van der Waals surface area (Å²) >= 11 is 0. The number of aryl methyl sites for hydroxylation is 3. The van der Waals surface area contributed by atoms with Gasteiger partial charge in [0.1, 0.15) is 23.2 Å². The molecule has 0 unspecified atom stereocenters. The Morgan fingerprint density at radius 2 is 2.07 bits per heavy atom. The van der Waals surface area contributed by atoms with Gasteiger partial charge in [-0.1, -0.05) is 18.2 Å². The maximum Gasteiger partial charge on any atom is 0.231 e. The van der Waals surface area contributed by atoms with Gasteiger partial charge >= 0.3 is 0 Å². The van der Waals surface area contributed by atoms with Crippen molar-refractivity contribution in [1.82, 2.24) is 15.3 Å². The number of carbonyl (C=O) groups excluding carboxylic acids is 1. The lowest BCUT2D eigenvalue weighted by Gasteiger charge is -2.33. The molecule has 30 heavy (non-hydrogen) atoms. The van der Waals surface area contributed by atoms with Crippen LogP contribution in [0.5, 0.6) is 5.75 Å². The number of amides is 1. The van der Waals surface area contributed by atoms with Crippen LogP contribution in [0.3, 0.4) is 0 Å². The number of hydrogen-bond acceptors (Lipinski definition) is 6. The molecular weight excluding hydrogens is 380 g/mol. The van der Waals surface area contributed by atoms with E-state index in [0.29, 0.717) is 24.6 Å². The van der Waals surface area contributed by atoms with Gasteiger partial charge in [0.25, 0.3) is 0 Å². The van der Waals surface area contributed by atoms with Gasteiger partial charge in [0.05, 0.1) is 18.4 Å². The number of furan rings is 1. The van der Waals surface area contributed by atoms with E-state index in [4.69, 9.17) is 14.1 Å². The van der Waals surface area contributed by atoms with Crippen molar-refractivity contribution in [2.75, 3.05) is 25.1 Å². The van der Waals surface area contributed by atoms with E-state index in [1.807, 2.05) is 45.0 Å². The summed E-state index contributed by atoms with van der Waals surface area (Å²) in [6.07, 6.45) is 1.80. The molecule has 158 valence electrons. The van der Waals surface area contributed by atoms with Crippen LogP contribution in [0.1, 0.15) is 35.6 Å². The zero-order valence-corrected chi connectivity index (χ0v) is 18.0. The molecule has 1 fully saturated rings. The van der Waals surface area contributed by atoms with E-state index < -0.39 is 0 Å². The molecule has 1 N–H and O–H groups in total. The van der Waals surface area contributed by atoms with Crippen LogP contribution in [0.2, 0.25) is 0 Å². The quantitative estimate of drug-likeness (QED) is 0.694. The van der Waals surface area contributed by atoms with Gasteiger partial charge in [-0.05, 0) is 39.7 Å². The Balaban J connectivity index is 1.51. The van der Waals surface area contributed by atoms with E-state index in [2.05, 4.69) is 15.2 Å². The molecule has 4 rings (SSSR count). The maximum atomic E-state index is 12.9. The molecule has 3 heterocycles. The van der Waals surface area contributed by atoms with Crippen LogP contribution in [0.4, 0.5) is 5.82 Å². The van der Waals surface area contributed by atoms with Crippen molar-refractivity contribution in [3.05, 3.63) is 47.0 Å². The van der Waals surface area contributed by atoms with Crippen molar-refractivity contribution in [3.63, 3.8) is 0 Å². The number of piperidine rings is 1. The number of nitrogens with zero attached hydrogens (tertiary/aromatic N) is 3. The lowest BCUT2D eigenvalue weighted by atomic mass is 9.96. The Bertz CT molecular complexity index is 1080. The van der Waals surface area contributed by atoms with Crippen LogP contribution in [-0.2, 0) is 11.3 Å². The van der Waals surface area contributed by atoms with Crippen LogP contribution in [0.15, 0.2) is 28.7 Å². The van der Waals surface area contributed by atoms with Crippen LogP contribution >= 0.6 is 0 Å². The predicted molar refractivity (Wildman–Crippen MR) is 116 cm³/mol. The van der Waals surface area contributed by atoms with Gasteiger partial charge in [-0.2, -0.15) is 4.98 Å². The van der Waals surface area contributed by atoms with E-state index in [9.17, 15) is 4.79 Å². The highest BCUT2D eigenvalue weighted by Crippen LogP contribution is 2.33. The van der Waals surface area contributed by atoms with Gasteiger partial charge in [0.15, 0.2) is 0 Å². The summed E-state index contributed by atoms with van der Waals surface area (Å²) in [4.78, 5) is 24.3. The molecule has 3 aromatic rings. The number of aromatic nitrogens is 2. The summed E-state index contributed by atoms with van der Waals surface area (Å²) in [6.45, 7) is 7.80. The number of anilines is 1. The van der Waals surface area contributed by atoms with Gasteiger partial charge in [-0.15, -0.1) is 0 Å². The molecule has 1 aromatic carbocycles. The average molecular weight is 409 g/mol. The highest BCUT2D eigenvalue weighted by molar-refractivity contribution is 5.90. The summed E-state index contributed by atoms with van der Waals surface area (Å²) in [7, 11) is 1.64. The minimum atomic E-state index is -0.0907. The molecule has 1 saturated heterocycles. The van der Waals surface area contributed by atoms with Crippen molar-refractivity contribution in [1.29, 1.82) is 0 Å². The normalized spacial score (nSPS) is 16.7. The lowest BCUT2D eigenvalue weighted by Crippen LogP contribution is -2.43. The second kappa shape index (κ2) is 8.34. The fourth-order valence-electron chi connectivity index (χ4n) is 4.12. The number of carbonyl (C=O) groups is 1. The van der Waals surface area contributed by atoms with Gasteiger partial charge in [0, 0.05) is 30.8 Å². The van der Waals surface area contributed by atoms with Gasteiger partial charge < -0.3 is 19.4 Å². The fourth-order valence-corrected chi connectivity index (χ4v) is 4.12. The molecule has 7 nitrogen and oxygen atoms in total. The largest absolute Gasteiger partial charge is 0.496 e. The second-order valence-electron chi connectivity index (χ2n) is 7.87. The average Bonchev–Trinajstić information content (AvgIpc) is 3.04. The van der Waals surface area contributed by atoms with Crippen LogP contribution < -0.4 is 15.0 Å². The number of rotatable bonds is 5. The van der Waals surface area contributed by atoms with Crippen molar-refractivity contribution in [2.24, 2.45) is 5.92 Å². The monoisotopic (exact) mass is 408 g/mol. The zero-order chi connectivity index (χ0) is 21.3. The Labute approximate surface area is 176 Å². The summed E-state index contributed by atoms with van der Waals surface area (Å²) in [5, 5.41) is 4.03. The first-order chi connectivity index (χ1) is 14.5. The van der Waals surface area contributed by atoms with Crippen LogP contribution in [0.25, 0.3) is 11.1 Å². The molecule has 1 aliphatic rings. The molecule has 1 amide bonds. The highest BCUT2D eigenvalue weighted by atomic mass is 16.5. The summed E-state index contributed by atoms with van der Waals surface area (Å²) in [5.74, 6) is 3.16. The van der Waals surface area contributed by atoms with E-state index in [0.717, 1.165) is 53.2 Å². The number of hydrogen-bond donors (Lipinski definition) is 1. The van der Waals surface area contributed by atoms with E-state index >= 15 is 0 Å². The number of benzene rings is 1. The number of nitrogens with one attached hydrogen (secondary N) is 1. The number of ether oxygens (including phenoxy) is 1. The lowest BCUT2D eigenvalue weighted by molar-refractivity contribution is -0.125. The molecule has 1 aliphatic heterocycles. The third-order valence-corrected chi connectivity index (χ3v) is 5.86. The SMILES string of the molecule is COc1ccccc1CNC(=O)[C@H]1CCCN(c2nc(C)nc3oc(C)c(C)c23)C1. The summed E-state index contributed by atoms with van der Waals surface area (Å²) < 4.78 is 11.2. The van der Waals surface area contributed by atoms with Gasteiger partial charge in [-0.3, -0.25) is 4.79 Å². The Kier molecular flexibility index (Phi) is 5.61. The molecule has 0 aliphatic carbocycles. The standard InChI is InChI=1S/C23H28N4O3/c1-14-15(2)30-23-20(14)21(25-16(3)26-23)27-11-7-9-18(13-27)22(28)24-12-17-8-5-6-10-19(17)29-4/h5-6,8,10,18H,7,9,11-13H2,1-4H3,(H,24,28)/t18-/m0/s1. The molecule has 0 radical (unpaired) electrons. The number of fused-ring (bicyclic) bond motifs is 1.